The molecule has 0 fully saturated rings. The van der Waals surface area contributed by atoms with Gasteiger partial charge in [0.2, 0.25) is 0 Å². The van der Waals surface area contributed by atoms with E-state index in [1.165, 1.54) is 4.72 Å². The Kier molecular flexibility index (Phi) is 4.08. The standard InChI is InChI=1S/C7H3Cl3F3NO2S/c8-3-1-4(9)6(5(10)2-3)14-17(15,16)7(11,12)13/h1-2,14H. The Morgan fingerprint density at radius 2 is 1.47 bits per heavy atom. The Balaban J connectivity index is 3.22. The fraction of sp³-hybridized carbons (Fsp3) is 0.143. The van der Waals surface area contributed by atoms with Crippen LogP contribution in [-0.4, -0.2) is 13.9 Å². The largest absolute Gasteiger partial charge is 0.516 e. The number of nitrogens with one attached hydrogen (secondary N) is 1. The molecule has 0 radical (unpaired) electrons. The van der Waals surface area contributed by atoms with E-state index in [4.69, 9.17) is 34.8 Å². The Hall–Kier alpha value is -0.370. The quantitative estimate of drug-likeness (QED) is 0.894. The Morgan fingerprint density at radius 3 is 1.82 bits per heavy atom. The number of benzene rings is 1. The Bertz CT molecular complexity index is 521. The summed E-state index contributed by atoms with van der Waals surface area (Å²) in [6, 6.07) is 2.12. The zero-order valence-corrected chi connectivity index (χ0v) is 10.7. The average Bonchev–Trinajstić information content (AvgIpc) is 2.09. The molecule has 0 aliphatic heterocycles. The fourth-order valence-electron chi connectivity index (χ4n) is 0.832. The van der Waals surface area contributed by atoms with Crippen molar-refractivity contribution in [2.75, 3.05) is 4.72 Å². The molecule has 0 unspecified atom stereocenters. The summed E-state index contributed by atoms with van der Waals surface area (Å²) >= 11 is 16.6. The van der Waals surface area contributed by atoms with Gasteiger partial charge < -0.3 is 0 Å². The van der Waals surface area contributed by atoms with Crippen LogP contribution in [0.15, 0.2) is 12.1 Å². The van der Waals surface area contributed by atoms with Gasteiger partial charge in [0.05, 0.1) is 15.7 Å². The van der Waals surface area contributed by atoms with Crippen LogP contribution in [0.1, 0.15) is 0 Å². The van der Waals surface area contributed by atoms with Crippen molar-refractivity contribution < 1.29 is 21.6 Å². The van der Waals surface area contributed by atoms with Gasteiger partial charge >= 0.3 is 15.5 Å². The lowest BCUT2D eigenvalue weighted by Crippen LogP contribution is -2.30. The van der Waals surface area contributed by atoms with Gasteiger partial charge in [-0.05, 0) is 12.1 Å². The Morgan fingerprint density at radius 1 is 1.06 bits per heavy atom. The summed E-state index contributed by atoms with van der Waals surface area (Å²) in [6.07, 6.45) is 0. The van der Waals surface area contributed by atoms with Gasteiger partial charge in [-0.25, -0.2) is 0 Å². The first-order valence-corrected chi connectivity index (χ1v) is 6.40. The van der Waals surface area contributed by atoms with Crippen molar-refractivity contribution in [2.24, 2.45) is 0 Å². The number of hydrogen-bond acceptors (Lipinski definition) is 2. The molecule has 0 saturated carbocycles. The summed E-state index contributed by atoms with van der Waals surface area (Å²) in [7, 11) is -5.57. The monoisotopic (exact) mass is 327 g/mol. The van der Waals surface area contributed by atoms with E-state index in [2.05, 4.69) is 0 Å². The highest BCUT2D eigenvalue weighted by atomic mass is 35.5. The summed E-state index contributed by atoms with van der Waals surface area (Å²) < 4.78 is 59.2. The maximum Gasteiger partial charge on any atom is 0.516 e. The van der Waals surface area contributed by atoms with E-state index in [1.807, 2.05) is 0 Å². The van der Waals surface area contributed by atoms with Crippen LogP contribution in [0.25, 0.3) is 0 Å². The zero-order chi connectivity index (χ0) is 13.4. The van der Waals surface area contributed by atoms with Crippen molar-refractivity contribution in [2.45, 2.75) is 5.51 Å². The first kappa shape index (κ1) is 14.7. The lowest BCUT2D eigenvalue weighted by molar-refractivity contribution is -0.0429. The molecule has 0 aliphatic rings. The highest BCUT2D eigenvalue weighted by molar-refractivity contribution is 7.93. The van der Waals surface area contributed by atoms with Crippen molar-refractivity contribution in [1.29, 1.82) is 0 Å². The van der Waals surface area contributed by atoms with Crippen LogP contribution in [0, 0.1) is 0 Å². The summed E-state index contributed by atoms with van der Waals surface area (Å²) in [5.74, 6) is 0. The van der Waals surface area contributed by atoms with Gasteiger partial charge in [-0.2, -0.15) is 21.6 Å². The molecule has 0 bridgehead atoms. The molecule has 0 atom stereocenters. The fourth-order valence-corrected chi connectivity index (χ4v) is 2.46. The van der Waals surface area contributed by atoms with E-state index >= 15 is 0 Å². The van der Waals surface area contributed by atoms with Crippen LogP contribution in [0.4, 0.5) is 18.9 Å². The van der Waals surface area contributed by atoms with E-state index < -0.39 is 21.2 Å². The van der Waals surface area contributed by atoms with Gasteiger partial charge in [-0.1, -0.05) is 34.8 Å². The minimum Gasteiger partial charge on any atom is -0.273 e. The zero-order valence-electron chi connectivity index (χ0n) is 7.65. The highest BCUT2D eigenvalue weighted by Crippen LogP contribution is 2.36. The number of hydrogen-bond donors (Lipinski definition) is 1. The number of anilines is 1. The third-order valence-corrected chi connectivity index (χ3v) is 3.44. The second kappa shape index (κ2) is 4.72. The highest BCUT2D eigenvalue weighted by Gasteiger charge is 2.46. The molecular formula is C7H3Cl3F3NO2S. The summed E-state index contributed by atoms with van der Waals surface area (Å²) in [5.41, 5.74) is -6.03. The van der Waals surface area contributed by atoms with E-state index in [0.29, 0.717) is 0 Å². The molecule has 1 aromatic carbocycles. The Labute approximate surface area is 110 Å². The first-order chi connectivity index (χ1) is 7.54. The van der Waals surface area contributed by atoms with Crippen molar-refractivity contribution in [3.63, 3.8) is 0 Å². The van der Waals surface area contributed by atoms with Crippen LogP contribution < -0.4 is 4.72 Å². The molecule has 0 aliphatic carbocycles. The molecule has 1 N–H and O–H groups in total. The average molecular weight is 329 g/mol. The van der Waals surface area contributed by atoms with Crippen molar-refractivity contribution in [1.82, 2.24) is 0 Å². The van der Waals surface area contributed by atoms with E-state index in [0.717, 1.165) is 12.1 Å². The SMILES string of the molecule is O=S(=O)(Nc1c(Cl)cc(Cl)cc1Cl)C(F)(F)F. The van der Waals surface area contributed by atoms with Crippen molar-refractivity contribution in [3.05, 3.63) is 27.2 Å². The maximum absolute atomic E-state index is 12.1. The molecule has 17 heavy (non-hydrogen) atoms. The van der Waals surface area contributed by atoms with Crippen LogP contribution in [0.2, 0.25) is 15.1 Å². The molecule has 0 aromatic heterocycles. The van der Waals surface area contributed by atoms with Gasteiger partial charge in [-0.15, -0.1) is 0 Å². The number of rotatable bonds is 2. The summed E-state index contributed by atoms with van der Waals surface area (Å²) in [6.45, 7) is 0. The van der Waals surface area contributed by atoms with Gasteiger partial charge in [0.25, 0.3) is 0 Å². The molecule has 1 aromatic rings. The van der Waals surface area contributed by atoms with Crippen molar-refractivity contribution in [3.8, 4) is 0 Å². The molecular weight excluding hydrogens is 326 g/mol. The van der Waals surface area contributed by atoms with E-state index in [-0.39, 0.29) is 15.1 Å². The molecule has 0 spiro atoms. The third-order valence-electron chi connectivity index (χ3n) is 1.55. The van der Waals surface area contributed by atoms with Gasteiger partial charge in [-0.3, -0.25) is 4.72 Å². The molecule has 3 nitrogen and oxygen atoms in total. The predicted octanol–water partition coefficient (Wildman–Crippen LogP) is 3.91. The van der Waals surface area contributed by atoms with Crippen LogP contribution in [0.5, 0.6) is 0 Å². The number of alkyl halides is 3. The van der Waals surface area contributed by atoms with Crippen LogP contribution >= 0.6 is 34.8 Å². The van der Waals surface area contributed by atoms with Gasteiger partial charge in [0.1, 0.15) is 0 Å². The number of sulfonamides is 1. The number of halogens is 6. The lowest BCUT2D eigenvalue weighted by atomic mass is 10.3. The van der Waals surface area contributed by atoms with Gasteiger partial charge in [0.15, 0.2) is 0 Å². The van der Waals surface area contributed by atoms with E-state index in [9.17, 15) is 21.6 Å². The van der Waals surface area contributed by atoms with Crippen LogP contribution in [0.3, 0.4) is 0 Å². The third kappa shape index (κ3) is 3.31. The second-order valence-electron chi connectivity index (χ2n) is 2.80. The minimum absolute atomic E-state index is 0.0648. The molecule has 0 saturated heterocycles. The topological polar surface area (TPSA) is 46.2 Å². The normalized spacial score (nSPS) is 12.6. The van der Waals surface area contributed by atoms with E-state index in [1.54, 1.807) is 0 Å². The van der Waals surface area contributed by atoms with Crippen LogP contribution in [-0.2, 0) is 10.0 Å². The smallest absolute Gasteiger partial charge is 0.273 e. The summed E-state index contributed by atoms with van der Waals surface area (Å²) in [5, 5.41) is -0.611. The first-order valence-electron chi connectivity index (χ1n) is 3.78. The van der Waals surface area contributed by atoms with Gasteiger partial charge in [0, 0.05) is 5.02 Å². The lowest BCUT2D eigenvalue weighted by Gasteiger charge is -2.13. The molecule has 10 heteroatoms. The minimum atomic E-state index is -5.57. The second-order valence-corrected chi connectivity index (χ2v) is 5.72. The van der Waals surface area contributed by atoms with Crippen molar-refractivity contribution >= 4 is 50.5 Å². The molecule has 96 valence electrons. The molecule has 0 amide bonds. The summed E-state index contributed by atoms with van der Waals surface area (Å²) in [4.78, 5) is 0. The maximum atomic E-state index is 12.1. The predicted molar refractivity (Wildman–Crippen MR) is 60.1 cm³/mol. The molecule has 0 heterocycles. The molecule has 1 rings (SSSR count).